The molecule has 0 atom stereocenters. The summed E-state index contributed by atoms with van der Waals surface area (Å²) in [6, 6.07) is 5.20. The quantitative estimate of drug-likeness (QED) is 0.658. The van der Waals surface area contributed by atoms with Crippen molar-refractivity contribution in [1.82, 2.24) is 9.55 Å². The first kappa shape index (κ1) is 21.8. The van der Waals surface area contributed by atoms with Gasteiger partial charge in [0.15, 0.2) is 12.7 Å². The predicted molar refractivity (Wildman–Crippen MR) is 96.4 cm³/mol. The summed E-state index contributed by atoms with van der Waals surface area (Å²) >= 11 is 5.82. The largest absolute Gasteiger partial charge is 0.449 e. The van der Waals surface area contributed by atoms with Crippen molar-refractivity contribution in [3.05, 3.63) is 62.8 Å². The van der Waals surface area contributed by atoms with Crippen LogP contribution in [0.1, 0.15) is 11.3 Å². The van der Waals surface area contributed by atoms with E-state index in [1.165, 1.54) is 13.1 Å². The third-order valence-electron chi connectivity index (χ3n) is 3.96. The van der Waals surface area contributed by atoms with Crippen LogP contribution in [0.15, 0.2) is 46.1 Å². The number of ether oxygens (including phenoxy) is 1. The van der Waals surface area contributed by atoms with E-state index in [9.17, 15) is 27.6 Å². The summed E-state index contributed by atoms with van der Waals surface area (Å²) in [5.41, 5.74) is -3.13. The highest BCUT2D eigenvalue weighted by Gasteiger charge is 2.39. The number of amides is 2. The van der Waals surface area contributed by atoms with Gasteiger partial charge in [0.2, 0.25) is 5.75 Å². The zero-order valence-corrected chi connectivity index (χ0v) is 16.2. The molecule has 0 unspecified atom stereocenters. The number of aromatic nitrogens is 2. The van der Waals surface area contributed by atoms with Gasteiger partial charge in [-0.15, -0.1) is 0 Å². The Morgan fingerprint density at radius 2 is 1.97 bits per heavy atom. The van der Waals surface area contributed by atoms with Gasteiger partial charge in [-0.25, -0.2) is 9.78 Å². The van der Waals surface area contributed by atoms with Crippen LogP contribution in [0.25, 0.3) is 0 Å². The van der Waals surface area contributed by atoms with Crippen molar-refractivity contribution in [2.24, 2.45) is 5.11 Å². The molecule has 1 aliphatic heterocycles. The van der Waals surface area contributed by atoms with Crippen molar-refractivity contribution in [3.63, 3.8) is 0 Å². The molecule has 0 fully saturated rings. The molecule has 1 aromatic carbocycles. The lowest BCUT2D eigenvalue weighted by Gasteiger charge is -2.15. The van der Waals surface area contributed by atoms with Gasteiger partial charge >= 0.3 is 18.0 Å². The third-order valence-corrected chi connectivity index (χ3v) is 4.18. The second kappa shape index (κ2) is 8.11. The van der Waals surface area contributed by atoms with Crippen molar-refractivity contribution in [2.45, 2.75) is 12.7 Å². The number of nitriles is 1. The number of halogens is 4. The van der Waals surface area contributed by atoms with E-state index in [-0.39, 0.29) is 21.9 Å². The molecule has 13 heteroatoms. The Kier molecular flexibility index (Phi) is 5.72. The maximum atomic E-state index is 13.4. The summed E-state index contributed by atoms with van der Waals surface area (Å²) < 4.78 is 46.8. The molecule has 0 bridgehead atoms. The average molecular weight is 453 g/mol. The molecule has 0 N–H and O–H groups in total. The Bertz CT molecular complexity index is 1270. The normalized spacial score (nSPS) is 14.1. The Morgan fingerprint density at radius 1 is 1.26 bits per heavy atom. The van der Waals surface area contributed by atoms with Crippen LogP contribution in [-0.4, -0.2) is 33.1 Å². The zero-order valence-electron chi connectivity index (χ0n) is 15.5. The molecule has 3 rings (SSSR count). The Hall–Kier alpha value is -3.85. The Labute approximate surface area is 176 Å². The highest BCUT2D eigenvalue weighted by atomic mass is 35.5. The summed E-state index contributed by atoms with van der Waals surface area (Å²) in [7, 11) is 1.24. The van der Waals surface area contributed by atoms with E-state index in [0.29, 0.717) is 10.9 Å². The predicted octanol–water partition coefficient (Wildman–Crippen LogP) is 2.67. The van der Waals surface area contributed by atoms with Crippen molar-refractivity contribution in [1.29, 1.82) is 5.26 Å². The summed E-state index contributed by atoms with van der Waals surface area (Å²) in [4.78, 5) is 39.6. The van der Waals surface area contributed by atoms with Crippen LogP contribution in [0.3, 0.4) is 0 Å². The molecule has 9 nitrogen and oxygen atoms in total. The van der Waals surface area contributed by atoms with E-state index in [4.69, 9.17) is 21.6 Å². The number of azo groups is 2. The van der Waals surface area contributed by atoms with Gasteiger partial charge in [0.1, 0.15) is 5.75 Å². The molecule has 0 saturated heterocycles. The molecular formula is C18H10ClF3N5O4+. The van der Waals surface area contributed by atoms with E-state index in [1.54, 1.807) is 6.07 Å². The van der Waals surface area contributed by atoms with E-state index >= 15 is 0 Å². The van der Waals surface area contributed by atoms with Gasteiger partial charge in [-0.1, -0.05) is 11.6 Å². The van der Waals surface area contributed by atoms with Crippen molar-refractivity contribution >= 4 is 23.4 Å². The number of benzene rings is 1. The second-order valence-electron chi connectivity index (χ2n) is 6.18. The number of alkyl halides is 3. The van der Waals surface area contributed by atoms with Gasteiger partial charge in [-0.3, -0.25) is 14.2 Å². The molecule has 1 aromatic heterocycles. The first-order chi connectivity index (χ1) is 14.5. The number of hydrogen-bond acceptors (Lipinski definition) is 6. The van der Waals surface area contributed by atoms with E-state index < -0.39 is 41.5 Å². The SMILES string of the molecule is C[N+]1=NC(=O)C(Cn2cnc(C(F)(F)F)c(Oc3cc(Cl)cc(C#N)c3)c2=O)=CC1=O. The maximum Gasteiger partial charge on any atom is 0.437 e. The van der Waals surface area contributed by atoms with Gasteiger partial charge in [0.25, 0.3) is 5.56 Å². The molecule has 0 saturated carbocycles. The van der Waals surface area contributed by atoms with Crippen LogP contribution < -0.4 is 10.3 Å². The minimum Gasteiger partial charge on any atom is -0.449 e. The number of carbonyl (C=O) groups excluding carboxylic acids is 2. The lowest BCUT2D eigenvalue weighted by atomic mass is 10.2. The Balaban J connectivity index is 2.08. The topological polar surface area (TPSA) is 117 Å². The molecular weight excluding hydrogens is 443 g/mol. The summed E-state index contributed by atoms with van der Waals surface area (Å²) in [6.45, 7) is -0.568. The average Bonchev–Trinajstić information content (AvgIpc) is 2.67. The molecule has 1 aliphatic rings. The van der Waals surface area contributed by atoms with Crippen LogP contribution in [-0.2, 0) is 22.3 Å². The maximum absolute atomic E-state index is 13.4. The number of rotatable bonds is 4. The summed E-state index contributed by atoms with van der Waals surface area (Å²) in [6.07, 6.45) is -3.55. The number of hydrogen-bond donors (Lipinski definition) is 0. The number of likely N-dealkylation sites (N-methyl/N-ethyl adjacent to an activating group) is 1. The number of nitrogens with zero attached hydrogens (tertiary/aromatic N) is 5. The summed E-state index contributed by atoms with van der Waals surface area (Å²) in [5, 5.41) is 12.4. The lowest BCUT2D eigenvalue weighted by molar-refractivity contribution is -0.477. The number of carbonyl (C=O) groups is 2. The molecule has 31 heavy (non-hydrogen) atoms. The molecule has 0 aliphatic carbocycles. The first-order valence-electron chi connectivity index (χ1n) is 8.29. The van der Waals surface area contributed by atoms with Crippen LogP contribution in [0.2, 0.25) is 5.02 Å². The van der Waals surface area contributed by atoms with E-state index in [0.717, 1.165) is 22.9 Å². The summed E-state index contributed by atoms with van der Waals surface area (Å²) in [5.74, 6) is -2.98. The molecule has 2 aromatic rings. The monoisotopic (exact) mass is 452 g/mol. The second-order valence-corrected chi connectivity index (χ2v) is 6.62. The van der Waals surface area contributed by atoms with Crippen LogP contribution in [0.4, 0.5) is 13.2 Å². The van der Waals surface area contributed by atoms with Crippen molar-refractivity contribution < 1.29 is 32.2 Å². The van der Waals surface area contributed by atoms with Crippen LogP contribution >= 0.6 is 11.6 Å². The molecule has 0 radical (unpaired) electrons. The van der Waals surface area contributed by atoms with Crippen molar-refractivity contribution in [2.75, 3.05) is 7.05 Å². The lowest BCUT2D eigenvalue weighted by Crippen LogP contribution is -2.29. The van der Waals surface area contributed by atoms with E-state index in [2.05, 4.69) is 10.1 Å². The fourth-order valence-electron chi connectivity index (χ4n) is 2.53. The van der Waals surface area contributed by atoms with Crippen LogP contribution in [0, 0.1) is 11.3 Å². The standard InChI is InChI=1S/C18H10ClF3N5O4/c1-26-13(28)4-10(16(29)25-26)7-27-8-24-15(18(20,21)22)14(17(27)30)31-12-3-9(6-23)2-11(19)5-12/h2-5,8H,7H2,1H3/q+1. The smallest absolute Gasteiger partial charge is 0.437 e. The molecule has 2 heterocycles. The highest BCUT2D eigenvalue weighted by molar-refractivity contribution is 6.30. The van der Waals surface area contributed by atoms with Crippen molar-refractivity contribution in [3.8, 4) is 17.6 Å². The molecule has 0 spiro atoms. The van der Waals surface area contributed by atoms with Gasteiger partial charge < -0.3 is 4.74 Å². The fraction of sp³-hybridized carbons (Fsp3) is 0.167. The van der Waals surface area contributed by atoms with Gasteiger partial charge in [0.05, 0.1) is 36.2 Å². The third kappa shape index (κ3) is 4.67. The minimum absolute atomic E-state index is 0.00553. The van der Waals surface area contributed by atoms with Gasteiger partial charge in [0, 0.05) is 10.1 Å². The Morgan fingerprint density at radius 3 is 2.61 bits per heavy atom. The first-order valence-corrected chi connectivity index (χ1v) is 8.67. The highest BCUT2D eigenvalue weighted by Crippen LogP contribution is 2.35. The van der Waals surface area contributed by atoms with Gasteiger partial charge in [-0.2, -0.15) is 18.4 Å². The minimum atomic E-state index is -5.04. The van der Waals surface area contributed by atoms with Gasteiger partial charge in [-0.05, 0) is 22.9 Å². The molecule has 2 amide bonds. The van der Waals surface area contributed by atoms with Crippen LogP contribution in [0.5, 0.6) is 11.5 Å². The zero-order chi connectivity index (χ0) is 22.9. The fourth-order valence-corrected chi connectivity index (χ4v) is 2.76. The molecule has 158 valence electrons. The van der Waals surface area contributed by atoms with E-state index in [1.807, 2.05) is 0 Å².